The molecule has 2 aromatic rings. The lowest BCUT2D eigenvalue weighted by atomic mass is 9.49. The Bertz CT molecular complexity index is 956. The summed E-state index contributed by atoms with van der Waals surface area (Å²) in [5, 5.41) is 20.9. The van der Waals surface area contributed by atoms with Crippen LogP contribution in [-0.4, -0.2) is 31.5 Å². The highest BCUT2D eigenvalue weighted by Gasteiger charge is 2.37. The quantitative estimate of drug-likeness (QED) is 0.737. The van der Waals surface area contributed by atoms with Crippen LogP contribution in [0.15, 0.2) is 36.4 Å². The lowest BCUT2D eigenvalue weighted by molar-refractivity contribution is 0.00492. The zero-order valence-corrected chi connectivity index (χ0v) is 20.3. The first-order valence-electron chi connectivity index (χ1n) is 12.1. The van der Waals surface area contributed by atoms with E-state index >= 15 is 0 Å². The van der Waals surface area contributed by atoms with Crippen molar-refractivity contribution in [2.24, 2.45) is 5.92 Å². The molecule has 0 spiro atoms. The zero-order chi connectivity index (χ0) is 22.6. The summed E-state index contributed by atoms with van der Waals surface area (Å²) < 4.78 is 0. The van der Waals surface area contributed by atoms with Crippen molar-refractivity contribution in [1.82, 2.24) is 0 Å². The molecule has 2 aliphatic rings. The van der Waals surface area contributed by atoms with E-state index in [9.17, 15) is 10.2 Å². The van der Waals surface area contributed by atoms with Crippen molar-refractivity contribution in [2.45, 2.75) is 88.6 Å². The van der Waals surface area contributed by atoms with E-state index in [0.717, 1.165) is 18.4 Å². The van der Waals surface area contributed by atoms with Gasteiger partial charge in [0.15, 0.2) is 0 Å². The molecule has 1 saturated carbocycles. The molecule has 0 amide bonds. The van der Waals surface area contributed by atoms with E-state index in [1.54, 1.807) is 0 Å². The smallest absolute Gasteiger partial charge is 0.110 e. The molecule has 164 valence electrons. The molecule has 2 nitrogen and oxygen atoms in total. The molecule has 2 N–H and O–H groups in total. The van der Waals surface area contributed by atoms with E-state index in [1.165, 1.54) is 53.5 Å². The van der Waals surface area contributed by atoms with E-state index < -0.39 is 11.2 Å². The summed E-state index contributed by atoms with van der Waals surface area (Å²) in [6.07, 6.45) is 7.05. The third kappa shape index (κ3) is 4.26. The summed E-state index contributed by atoms with van der Waals surface area (Å²) in [6.45, 7) is 7.67. The second-order valence-corrected chi connectivity index (χ2v) is 11.7. The average Bonchev–Trinajstić information content (AvgIpc) is 2.87. The first-order valence-corrected chi connectivity index (χ1v) is 12.1. The summed E-state index contributed by atoms with van der Waals surface area (Å²) >= 11 is 0. The summed E-state index contributed by atoms with van der Waals surface area (Å²) in [4.78, 5) is 0. The van der Waals surface area contributed by atoms with Crippen LogP contribution >= 0.6 is 0 Å². The highest BCUT2D eigenvalue weighted by atomic mass is 16.3. The number of benzene rings is 2. The minimum absolute atomic E-state index is 0.0600. The molecule has 0 bridgehead atoms. The maximum absolute atomic E-state index is 10.5. The maximum Gasteiger partial charge on any atom is 0.110 e. The molecule has 4 rings (SSSR count). The van der Waals surface area contributed by atoms with Crippen molar-refractivity contribution < 1.29 is 10.2 Å². The van der Waals surface area contributed by atoms with E-state index in [2.05, 4.69) is 52.1 Å². The molecular weight excluding hydrogens is 378 g/mol. The maximum atomic E-state index is 10.5. The van der Waals surface area contributed by atoms with Crippen molar-refractivity contribution in [2.75, 3.05) is 0 Å². The van der Waals surface area contributed by atoms with Gasteiger partial charge in [-0.3, -0.25) is 0 Å². The van der Waals surface area contributed by atoms with Crippen LogP contribution in [0.3, 0.4) is 0 Å². The number of hydrogen-bond donors (Lipinski definition) is 2. The third-order valence-electron chi connectivity index (χ3n) is 8.09. The molecule has 0 radical (unpaired) electrons. The molecular formula is C27H38B2O2. The minimum Gasteiger partial charge on any atom is -0.390 e. The van der Waals surface area contributed by atoms with Gasteiger partial charge in [-0.05, 0) is 104 Å². The average molecular weight is 416 g/mol. The molecule has 0 atom stereocenters. The second kappa shape index (κ2) is 7.81. The lowest BCUT2D eigenvalue weighted by Gasteiger charge is -2.33. The molecule has 0 aliphatic heterocycles. The van der Waals surface area contributed by atoms with Gasteiger partial charge in [-0.25, -0.2) is 0 Å². The van der Waals surface area contributed by atoms with Crippen LogP contribution in [0.4, 0.5) is 0 Å². The van der Waals surface area contributed by atoms with Crippen molar-refractivity contribution in [1.29, 1.82) is 0 Å². The second-order valence-electron chi connectivity index (χ2n) is 11.7. The molecule has 0 heterocycles. The van der Waals surface area contributed by atoms with Gasteiger partial charge < -0.3 is 10.2 Å². The predicted octanol–water partition coefficient (Wildman–Crippen LogP) is 4.19. The Kier molecular flexibility index (Phi) is 5.72. The highest BCUT2D eigenvalue weighted by molar-refractivity contribution is 6.44. The summed E-state index contributed by atoms with van der Waals surface area (Å²) in [5.41, 5.74) is 6.47. The summed E-state index contributed by atoms with van der Waals surface area (Å²) in [5.74, 6) is 1.03. The van der Waals surface area contributed by atoms with E-state index in [0.29, 0.717) is 11.8 Å². The monoisotopic (exact) mass is 416 g/mol. The van der Waals surface area contributed by atoms with Crippen LogP contribution in [0.5, 0.6) is 0 Å². The molecule has 2 aliphatic carbocycles. The van der Waals surface area contributed by atoms with E-state index in [1.807, 2.05) is 27.7 Å². The standard InChI is InChI=1S/C27H38B2O2/c1-25(2,30)19-9-5-7-17(8-6-10-19)18-11-13-21-22-14-12-20(26(3,4)31)16-24(22)27(28,29)23(21)15-18/h11-17,19,30-31H,5-10,28-29H2,1-4H3. The van der Waals surface area contributed by atoms with Crippen LogP contribution in [0.1, 0.15) is 94.4 Å². The van der Waals surface area contributed by atoms with Crippen LogP contribution in [-0.2, 0) is 10.8 Å². The Balaban J connectivity index is 1.61. The number of aliphatic hydroxyl groups is 2. The first kappa shape index (κ1) is 22.7. The van der Waals surface area contributed by atoms with Crippen LogP contribution < -0.4 is 0 Å². The SMILES string of the molecule is BC1(B)c2cc(C3CCCC(C(C)(C)O)CCC3)ccc2-c2ccc(C(C)(C)O)cc21. The van der Waals surface area contributed by atoms with Crippen molar-refractivity contribution >= 4 is 15.7 Å². The van der Waals surface area contributed by atoms with Crippen LogP contribution in [0, 0.1) is 5.92 Å². The molecule has 4 heteroatoms. The van der Waals surface area contributed by atoms with Gasteiger partial charge in [-0.1, -0.05) is 49.2 Å². The fourth-order valence-corrected chi connectivity index (χ4v) is 5.94. The van der Waals surface area contributed by atoms with Crippen LogP contribution in [0.2, 0.25) is 0 Å². The number of hydrogen-bond acceptors (Lipinski definition) is 2. The number of rotatable bonds is 3. The Labute approximate surface area is 190 Å². The number of fused-ring (bicyclic) bond motifs is 3. The Hall–Kier alpha value is -1.51. The van der Waals surface area contributed by atoms with Crippen molar-refractivity contribution in [3.8, 4) is 11.1 Å². The molecule has 0 aromatic heterocycles. The van der Waals surface area contributed by atoms with E-state index in [4.69, 9.17) is 0 Å². The summed E-state index contributed by atoms with van der Waals surface area (Å²) in [7, 11) is 4.64. The van der Waals surface area contributed by atoms with Gasteiger partial charge in [0.05, 0.1) is 11.2 Å². The molecule has 31 heavy (non-hydrogen) atoms. The van der Waals surface area contributed by atoms with Gasteiger partial charge in [-0.15, -0.1) is 0 Å². The molecule has 0 unspecified atom stereocenters. The van der Waals surface area contributed by atoms with E-state index in [-0.39, 0.29) is 5.21 Å². The fourth-order valence-electron chi connectivity index (χ4n) is 5.94. The zero-order valence-electron chi connectivity index (χ0n) is 20.3. The Morgan fingerprint density at radius 1 is 0.806 bits per heavy atom. The third-order valence-corrected chi connectivity index (χ3v) is 8.09. The summed E-state index contributed by atoms with van der Waals surface area (Å²) in [6, 6.07) is 13.6. The molecule has 2 aromatic carbocycles. The molecule has 1 fully saturated rings. The van der Waals surface area contributed by atoms with Crippen molar-refractivity contribution in [3.05, 3.63) is 58.7 Å². The lowest BCUT2D eigenvalue weighted by Crippen LogP contribution is -2.31. The van der Waals surface area contributed by atoms with Gasteiger partial charge in [0.1, 0.15) is 15.7 Å². The van der Waals surface area contributed by atoms with Gasteiger partial charge in [-0.2, -0.15) is 0 Å². The van der Waals surface area contributed by atoms with Gasteiger partial charge in [0.2, 0.25) is 0 Å². The normalized spacial score (nSPS) is 23.5. The van der Waals surface area contributed by atoms with Gasteiger partial charge >= 0.3 is 0 Å². The first-order chi connectivity index (χ1) is 14.4. The predicted molar refractivity (Wildman–Crippen MR) is 135 cm³/mol. The molecule has 0 saturated heterocycles. The Morgan fingerprint density at radius 3 is 1.90 bits per heavy atom. The Morgan fingerprint density at radius 2 is 1.35 bits per heavy atom. The van der Waals surface area contributed by atoms with Crippen LogP contribution in [0.25, 0.3) is 11.1 Å². The van der Waals surface area contributed by atoms with Gasteiger partial charge in [0.25, 0.3) is 0 Å². The largest absolute Gasteiger partial charge is 0.390 e. The van der Waals surface area contributed by atoms with Crippen molar-refractivity contribution in [3.63, 3.8) is 0 Å². The highest BCUT2D eigenvalue weighted by Crippen LogP contribution is 2.48. The van der Waals surface area contributed by atoms with Gasteiger partial charge in [0, 0.05) is 0 Å². The minimum atomic E-state index is -0.828. The fraction of sp³-hybridized carbons (Fsp3) is 0.556. The topological polar surface area (TPSA) is 40.5 Å².